The second kappa shape index (κ2) is 9.97. The van der Waals surface area contributed by atoms with Gasteiger partial charge in [-0.05, 0) is 54.6 Å². The van der Waals surface area contributed by atoms with Gasteiger partial charge in [-0.25, -0.2) is 0 Å². The molecule has 0 saturated heterocycles. The van der Waals surface area contributed by atoms with Crippen molar-refractivity contribution < 1.29 is 4.79 Å². The first-order chi connectivity index (χ1) is 16.8. The first kappa shape index (κ1) is 21.4. The average Bonchev–Trinajstić information content (AvgIpc) is 2.91. The molecule has 0 aromatic heterocycles. The van der Waals surface area contributed by atoms with E-state index in [4.69, 9.17) is 0 Å². The minimum atomic E-state index is 0.654. The standard InChI is InChI=1S/C33H24O/c34-24-25-21-30(32(26-13-5-1-6-14-26)27-15-7-2-8-16-27)23-31(22-25)33(28-17-9-3-10-18-28)29-19-11-4-12-20-29/h1-24H. The number of hydrogen-bond acceptors (Lipinski definition) is 1. The van der Waals surface area contributed by atoms with E-state index in [2.05, 4.69) is 54.6 Å². The zero-order valence-electron chi connectivity index (χ0n) is 18.8. The molecule has 0 aliphatic heterocycles. The van der Waals surface area contributed by atoms with Gasteiger partial charge in [0, 0.05) is 11.1 Å². The molecule has 0 atom stereocenters. The molecule has 5 aromatic rings. The van der Waals surface area contributed by atoms with E-state index in [1.807, 2.05) is 84.9 Å². The summed E-state index contributed by atoms with van der Waals surface area (Å²) in [6.45, 7) is 0. The number of carbonyl (C=O) groups excluding carboxylic acids is 1. The van der Waals surface area contributed by atoms with Crippen LogP contribution in [0.4, 0.5) is 0 Å². The van der Waals surface area contributed by atoms with Gasteiger partial charge < -0.3 is 0 Å². The molecular weight excluding hydrogens is 412 g/mol. The van der Waals surface area contributed by atoms with E-state index in [0.29, 0.717) is 5.56 Å². The lowest BCUT2D eigenvalue weighted by atomic mass is 9.80. The summed E-state index contributed by atoms with van der Waals surface area (Å²) >= 11 is 0. The van der Waals surface area contributed by atoms with Gasteiger partial charge in [0.25, 0.3) is 0 Å². The highest BCUT2D eigenvalue weighted by Crippen LogP contribution is 2.36. The summed E-state index contributed by atoms with van der Waals surface area (Å²) < 4.78 is 0. The van der Waals surface area contributed by atoms with Crippen molar-refractivity contribution >= 4 is 6.29 Å². The molecule has 0 spiro atoms. The van der Waals surface area contributed by atoms with Gasteiger partial charge in [0.05, 0.1) is 17.0 Å². The van der Waals surface area contributed by atoms with E-state index in [9.17, 15) is 4.79 Å². The fourth-order valence-electron chi connectivity index (χ4n) is 4.43. The summed E-state index contributed by atoms with van der Waals surface area (Å²) in [5.41, 5.74) is 7.14. The van der Waals surface area contributed by atoms with Gasteiger partial charge in [0.2, 0.25) is 0 Å². The number of aldehydes is 1. The Bertz CT molecular complexity index is 1160. The van der Waals surface area contributed by atoms with Crippen LogP contribution >= 0.6 is 0 Å². The SMILES string of the molecule is O=Cc1cc([C+](c2ccccc2)c2ccccc2)cc([C-](c2ccccc2)c2ccccc2)c1. The van der Waals surface area contributed by atoms with Crippen LogP contribution in [-0.2, 0) is 0 Å². The van der Waals surface area contributed by atoms with E-state index in [1.165, 1.54) is 0 Å². The zero-order valence-corrected chi connectivity index (χ0v) is 18.8. The molecule has 5 aromatic carbocycles. The Morgan fingerprint density at radius 3 is 1.35 bits per heavy atom. The number of carbonyl (C=O) groups is 1. The Balaban J connectivity index is 1.72. The number of hydrogen-bond donors (Lipinski definition) is 0. The van der Waals surface area contributed by atoms with Gasteiger partial charge in [-0.1, -0.05) is 108 Å². The molecule has 0 amide bonds. The minimum absolute atomic E-state index is 0.654. The van der Waals surface area contributed by atoms with Crippen molar-refractivity contribution in [3.8, 4) is 0 Å². The third-order valence-electron chi connectivity index (χ3n) is 5.92. The van der Waals surface area contributed by atoms with Gasteiger partial charge in [-0.15, -0.1) is 0 Å². The van der Waals surface area contributed by atoms with Crippen LogP contribution in [0.15, 0.2) is 140 Å². The Hall–Kier alpha value is -4.49. The van der Waals surface area contributed by atoms with Gasteiger partial charge in [0.1, 0.15) is 6.29 Å². The molecule has 34 heavy (non-hydrogen) atoms. The van der Waals surface area contributed by atoms with Gasteiger partial charge >= 0.3 is 0 Å². The predicted molar refractivity (Wildman–Crippen MR) is 139 cm³/mol. The molecule has 0 saturated carbocycles. The quantitative estimate of drug-likeness (QED) is 0.146. The molecule has 5 rings (SSSR count). The van der Waals surface area contributed by atoms with Crippen LogP contribution in [0.3, 0.4) is 0 Å². The van der Waals surface area contributed by atoms with E-state index in [0.717, 1.165) is 51.5 Å². The lowest BCUT2D eigenvalue weighted by Gasteiger charge is -2.27. The van der Waals surface area contributed by atoms with Crippen molar-refractivity contribution in [3.63, 3.8) is 0 Å². The molecule has 1 heteroatoms. The van der Waals surface area contributed by atoms with Crippen molar-refractivity contribution in [1.82, 2.24) is 0 Å². The van der Waals surface area contributed by atoms with Gasteiger partial charge in [-0.3, -0.25) is 4.79 Å². The molecule has 0 heterocycles. The maximum atomic E-state index is 12.1. The van der Waals surface area contributed by atoms with E-state index in [1.54, 1.807) is 0 Å². The summed E-state index contributed by atoms with van der Waals surface area (Å²) in [7, 11) is 0. The Kier molecular flexibility index (Phi) is 6.27. The number of rotatable bonds is 7. The first-order valence-corrected chi connectivity index (χ1v) is 11.4. The van der Waals surface area contributed by atoms with Crippen molar-refractivity contribution in [2.45, 2.75) is 0 Å². The maximum Gasteiger partial charge on any atom is 0.150 e. The summed E-state index contributed by atoms with van der Waals surface area (Å²) in [6, 6.07) is 47.6. The molecule has 1 nitrogen and oxygen atoms in total. The molecule has 0 aliphatic rings. The Morgan fingerprint density at radius 1 is 0.471 bits per heavy atom. The third kappa shape index (κ3) is 4.51. The molecule has 0 bridgehead atoms. The van der Waals surface area contributed by atoms with Crippen LogP contribution in [-0.4, -0.2) is 6.29 Å². The third-order valence-corrected chi connectivity index (χ3v) is 5.92. The zero-order chi connectivity index (χ0) is 23.2. The van der Waals surface area contributed by atoms with Crippen LogP contribution in [0.2, 0.25) is 0 Å². The molecule has 0 unspecified atom stereocenters. The number of benzene rings is 5. The normalized spacial score (nSPS) is 10.5. The monoisotopic (exact) mass is 436 g/mol. The lowest BCUT2D eigenvalue weighted by molar-refractivity contribution is 0.112. The highest BCUT2D eigenvalue weighted by Gasteiger charge is 2.23. The lowest BCUT2D eigenvalue weighted by Crippen LogP contribution is -2.09. The topological polar surface area (TPSA) is 17.1 Å². The van der Waals surface area contributed by atoms with Crippen LogP contribution < -0.4 is 0 Å². The molecule has 0 radical (unpaired) electrons. The van der Waals surface area contributed by atoms with Crippen LogP contribution in [0.25, 0.3) is 0 Å². The maximum absolute atomic E-state index is 12.1. The van der Waals surface area contributed by atoms with E-state index in [-0.39, 0.29) is 0 Å². The van der Waals surface area contributed by atoms with Crippen LogP contribution in [0.5, 0.6) is 0 Å². The fraction of sp³-hybridized carbons (Fsp3) is 0. The second-order valence-electron chi connectivity index (χ2n) is 8.18. The summed E-state index contributed by atoms with van der Waals surface area (Å²) in [4.78, 5) is 12.1. The smallest absolute Gasteiger partial charge is 0.150 e. The molecule has 0 aliphatic carbocycles. The fourth-order valence-corrected chi connectivity index (χ4v) is 4.43. The van der Waals surface area contributed by atoms with Crippen molar-refractivity contribution in [2.75, 3.05) is 0 Å². The van der Waals surface area contributed by atoms with Crippen LogP contribution in [0, 0.1) is 11.8 Å². The first-order valence-electron chi connectivity index (χ1n) is 11.4. The Morgan fingerprint density at radius 2 is 0.912 bits per heavy atom. The van der Waals surface area contributed by atoms with E-state index >= 15 is 0 Å². The predicted octanol–water partition coefficient (Wildman–Crippen LogP) is 7.54. The molecule has 0 fully saturated rings. The van der Waals surface area contributed by atoms with Gasteiger partial charge in [0.15, 0.2) is 0 Å². The second-order valence-corrected chi connectivity index (χ2v) is 8.18. The molecule has 0 N–H and O–H groups in total. The largest absolute Gasteiger partial charge is 0.298 e. The molecular formula is C33H24O. The van der Waals surface area contributed by atoms with E-state index < -0.39 is 0 Å². The molecule has 162 valence electrons. The highest BCUT2D eigenvalue weighted by molar-refractivity contribution is 5.78. The highest BCUT2D eigenvalue weighted by atomic mass is 16.1. The summed E-state index contributed by atoms with van der Waals surface area (Å²) in [5.74, 6) is 2.21. The summed E-state index contributed by atoms with van der Waals surface area (Å²) in [6.07, 6.45) is 0.939. The van der Waals surface area contributed by atoms with Crippen molar-refractivity contribution in [1.29, 1.82) is 0 Å². The minimum Gasteiger partial charge on any atom is -0.298 e. The average molecular weight is 437 g/mol. The van der Waals surface area contributed by atoms with Crippen molar-refractivity contribution in [2.24, 2.45) is 0 Å². The Labute approximate surface area is 201 Å². The summed E-state index contributed by atoms with van der Waals surface area (Å²) in [5, 5.41) is 0. The van der Waals surface area contributed by atoms with Gasteiger partial charge in [-0.2, -0.15) is 0 Å². The van der Waals surface area contributed by atoms with Crippen LogP contribution in [0.1, 0.15) is 43.7 Å². The van der Waals surface area contributed by atoms with Crippen molar-refractivity contribution in [3.05, 3.63) is 190 Å².